The molecule has 0 unspecified atom stereocenters. The maximum Gasteiger partial charge on any atom is 0.257 e. The molecule has 0 fully saturated rings. The number of nitrogens with zero attached hydrogens (tertiary/aromatic N) is 4. The zero-order chi connectivity index (χ0) is 21.3. The van der Waals surface area contributed by atoms with Gasteiger partial charge in [-0.15, -0.1) is 10.2 Å². The fraction of sp³-hybridized carbons (Fsp3) is 0.190. The Morgan fingerprint density at radius 1 is 1.13 bits per heavy atom. The van der Waals surface area contributed by atoms with Crippen LogP contribution in [0.25, 0.3) is 15.5 Å². The van der Waals surface area contributed by atoms with Crippen LogP contribution in [0.2, 0.25) is 0 Å². The van der Waals surface area contributed by atoms with Crippen molar-refractivity contribution in [2.45, 2.75) is 27.2 Å². The molecule has 9 heteroatoms. The van der Waals surface area contributed by atoms with E-state index < -0.39 is 0 Å². The van der Waals surface area contributed by atoms with Crippen LogP contribution in [0.1, 0.15) is 34.2 Å². The number of fused-ring (bicyclic) bond motifs is 1. The molecule has 0 aliphatic carbocycles. The molecule has 7 nitrogen and oxygen atoms in total. The van der Waals surface area contributed by atoms with Crippen LogP contribution >= 0.6 is 23.6 Å². The summed E-state index contributed by atoms with van der Waals surface area (Å²) >= 11 is 6.82. The van der Waals surface area contributed by atoms with Gasteiger partial charge in [0, 0.05) is 16.8 Å². The molecular weight excluding hydrogens is 416 g/mol. The van der Waals surface area contributed by atoms with E-state index in [1.54, 1.807) is 16.6 Å². The number of hydrogen-bond donors (Lipinski definition) is 2. The SMILES string of the molecule is CCc1ccc(C(=O)NC(=S)Nc2cc(-c3nn4c(C)nnc4s3)ccc2C)cc1. The minimum absolute atomic E-state index is 0.243. The summed E-state index contributed by atoms with van der Waals surface area (Å²) in [5.74, 6) is 0.502. The molecular formula is C21H20N6OS2. The molecule has 0 atom stereocenters. The molecule has 0 spiro atoms. The highest BCUT2D eigenvalue weighted by Crippen LogP contribution is 2.29. The van der Waals surface area contributed by atoms with Crippen molar-refractivity contribution in [2.24, 2.45) is 0 Å². The number of aromatic nitrogens is 4. The van der Waals surface area contributed by atoms with Crippen molar-refractivity contribution in [2.75, 3.05) is 5.32 Å². The molecule has 1 amide bonds. The lowest BCUT2D eigenvalue weighted by Crippen LogP contribution is -2.34. The van der Waals surface area contributed by atoms with Crippen LogP contribution in [-0.2, 0) is 6.42 Å². The zero-order valence-corrected chi connectivity index (χ0v) is 18.4. The number of benzene rings is 2. The number of carbonyl (C=O) groups is 1. The highest BCUT2D eigenvalue weighted by Gasteiger charge is 2.13. The number of aryl methyl sites for hydroxylation is 3. The number of thiocarbonyl (C=S) groups is 1. The first kappa shape index (κ1) is 20.1. The van der Waals surface area contributed by atoms with E-state index in [0.29, 0.717) is 5.56 Å². The molecule has 0 aliphatic heterocycles. The first-order chi connectivity index (χ1) is 14.4. The van der Waals surface area contributed by atoms with Gasteiger partial charge in [0.1, 0.15) is 5.01 Å². The largest absolute Gasteiger partial charge is 0.332 e. The number of hydrogen-bond acceptors (Lipinski definition) is 6. The molecule has 4 aromatic rings. The summed E-state index contributed by atoms with van der Waals surface area (Å²) in [5.41, 5.74) is 4.49. The second-order valence-electron chi connectivity index (χ2n) is 6.84. The zero-order valence-electron chi connectivity index (χ0n) is 16.8. The standard InChI is InChI=1S/C21H20N6OS2/c1-4-14-6-9-15(10-7-14)18(28)23-20(29)22-17-11-16(8-5-12(17)2)19-26-27-13(3)24-25-21(27)30-19/h5-11H,4H2,1-3H3,(H2,22,23,28,29). The van der Waals surface area contributed by atoms with Crippen molar-refractivity contribution in [1.82, 2.24) is 25.1 Å². The van der Waals surface area contributed by atoms with Crippen molar-refractivity contribution in [3.63, 3.8) is 0 Å². The predicted octanol–water partition coefficient (Wildman–Crippen LogP) is 4.16. The van der Waals surface area contributed by atoms with Crippen LogP contribution in [0.3, 0.4) is 0 Å². The Balaban J connectivity index is 1.50. The van der Waals surface area contributed by atoms with Crippen LogP contribution < -0.4 is 10.6 Å². The van der Waals surface area contributed by atoms with E-state index >= 15 is 0 Å². The van der Waals surface area contributed by atoms with Gasteiger partial charge < -0.3 is 5.32 Å². The summed E-state index contributed by atoms with van der Waals surface area (Å²) in [4.78, 5) is 13.2. The van der Waals surface area contributed by atoms with Gasteiger partial charge in [-0.2, -0.15) is 9.61 Å². The minimum atomic E-state index is -0.243. The lowest BCUT2D eigenvalue weighted by molar-refractivity contribution is 0.0977. The fourth-order valence-electron chi connectivity index (χ4n) is 2.94. The molecule has 2 aromatic heterocycles. The third-order valence-corrected chi connectivity index (χ3v) is 5.88. The average Bonchev–Trinajstić information content (AvgIpc) is 3.32. The Morgan fingerprint density at radius 3 is 2.60 bits per heavy atom. The topological polar surface area (TPSA) is 84.2 Å². The summed E-state index contributed by atoms with van der Waals surface area (Å²) in [5, 5.41) is 19.6. The predicted molar refractivity (Wildman–Crippen MR) is 123 cm³/mol. The van der Waals surface area contributed by atoms with Gasteiger partial charge in [-0.05, 0) is 61.8 Å². The third-order valence-electron chi connectivity index (χ3n) is 4.73. The average molecular weight is 437 g/mol. The molecule has 30 heavy (non-hydrogen) atoms. The Bertz CT molecular complexity index is 1240. The molecule has 0 aliphatic rings. The van der Waals surface area contributed by atoms with Gasteiger partial charge in [-0.3, -0.25) is 10.1 Å². The van der Waals surface area contributed by atoms with E-state index in [1.165, 1.54) is 16.9 Å². The second kappa shape index (κ2) is 8.29. The maximum atomic E-state index is 12.5. The number of carbonyl (C=O) groups excluding carboxylic acids is 1. The summed E-state index contributed by atoms with van der Waals surface area (Å²) in [6.45, 7) is 5.91. The van der Waals surface area contributed by atoms with Gasteiger partial charge in [-0.1, -0.05) is 42.5 Å². The molecule has 4 rings (SSSR count). The number of amides is 1. The van der Waals surface area contributed by atoms with Crippen molar-refractivity contribution in [3.8, 4) is 10.6 Å². The van der Waals surface area contributed by atoms with Crippen molar-refractivity contribution in [1.29, 1.82) is 0 Å². The quantitative estimate of drug-likeness (QED) is 0.468. The normalized spacial score (nSPS) is 10.9. The number of rotatable bonds is 4. The summed E-state index contributed by atoms with van der Waals surface area (Å²) < 4.78 is 1.72. The highest BCUT2D eigenvalue weighted by atomic mass is 32.1. The lowest BCUT2D eigenvalue weighted by atomic mass is 10.1. The van der Waals surface area contributed by atoms with Gasteiger partial charge in [-0.25, -0.2) is 0 Å². The van der Waals surface area contributed by atoms with Crippen molar-refractivity contribution in [3.05, 3.63) is 65.0 Å². The smallest absolute Gasteiger partial charge is 0.257 e. The Hall–Kier alpha value is -3.17. The van der Waals surface area contributed by atoms with Gasteiger partial charge in [0.2, 0.25) is 4.96 Å². The van der Waals surface area contributed by atoms with Crippen LogP contribution in [0.4, 0.5) is 5.69 Å². The molecule has 0 radical (unpaired) electrons. The monoisotopic (exact) mass is 436 g/mol. The van der Waals surface area contributed by atoms with E-state index in [1.807, 2.05) is 44.2 Å². The van der Waals surface area contributed by atoms with E-state index in [-0.39, 0.29) is 11.0 Å². The molecule has 0 saturated heterocycles. The second-order valence-corrected chi connectivity index (χ2v) is 8.20. The van der Waals surface area contributed by atoms with Gasteiger partial charge in [0.05, 0.1) is 0 Å². The Morgan fingerprint density at radius 2 is 1.90 bits per heavy atom. The minimum Gasteiger partial charge on any atom is -0.332 e. The van der Waals surface area contributed by atoms with Crippen LogP contribution in [0.5, 0.6) is 0 Å². The molecule has 0 saturated carbocycles. The summed E-state index contributed by atoms with van der Waals surface area (Å²) in [6, 6.07) is 13.4. The molecule has 2 heterocycles. The van der Waals surface area contributed by atoms with Gasteiger partial charge >= 0.3 is 0 Å². The number of nitrogens with one attached hydrogen (secondary N) is 2. The van der Waals surface area contributed by atoms with Crippen molar-refractivity contribution < 1.29 is 4.79 Å². The summed E-state index contributed by atoms with van der Waals surface area (Å²) in [7, 11) is 0. The summed E-state index contributed by atoms with van der Waals surface area (Å²) in [6.07, 6.45) is 0.929. The van der Waals surface area contributed by atoms with Crippen LogP contribution in [0, 0.1) is 13.8 Å². The van der Waals surface area contributed by atoms with Crippen LogP contribution in [0.15, 0.2) is 42.5 Å². The first-order valence-corrected chi connectivity index (χ1v) is 10.7. The molecule has 152 valence electrons. The lowest BCUT2D eigenvalue weighted by Gasteiger charge is -2.13. The first-order valence-electron chi connectivity index (χ1n) is 9.45. The maximum absolute atomic E-state index is 12.5. The van der Waals surface area contributed by atoms with E-state index in [4.69, 9.17) is 12.2 Å². The number of anilines is 1. The Kier molecular flexibility index (Phi) is 5.56. The molecule has 0 bridgehead atoms. The van der Waals surface area contributed by atoms with E-state index in [9.17, 15) is 4.79 Å². The van der Waals surface area contributed by atoms with Crippen LogP contribution in [-0.4, -0.2) is 30.8 Å². The fourth-order valence-corrected chi connectivity index (χ4v) is 4.03. The van der Waals surface area contributed by atoms with Gasteiger partial charge in [0.15, 0.2) is 10.9 Å². The molecule has 2 aromatic carbocycles. The Labute approximate surface area is 183 Å². The van der Waals surface area contributed by atoms with Gasteiger partial charge in [0.25, 0.3) is 5.91 Å². The molecule has 2 N–H and O–H groups in total. The highest BCUT2D eigenvalue weighted by molar-refractivity contribution is 7.80. The van der Waals surface area contributed by atoms with Crippen molar-refractivity contribution >= 4 is 45.2 Å². The van der Waals surface area contributed by atoms with E-state index in [0.717, 1.165) is 39.0 Å². The van der Waals surface area contributed by atoms with E-state index in [2.05, 4.69) is 32.9 Å². The third kappa shape index (κ3) is 4.07.